The molecule has 0 aromatic carbocycles. The van der Waals surface area contributed by atoms with E-state index >= 15 is 0 Å². The summed E-state index contributed by atoms with van der Waals surface area (Å²) in [4.78, 5) is 8.80. The first-order valence-corrected chi connectivity index (χ1v) is 7.75. The van der Waals surface area contributed by atoms with Crippen molar-refractivity contribution in [3.63, 3.8) is 0 Å². The smallest absolute Gasteiger partial charge is 0.218 e. The molecule has 0 bridgehead atoms. The molecule has 0 aliphatic heterocycles. The lowest BCUT2D eigenvalue weighted by atomic mass is 10.0. The Morgan fingerprint density at radius 3 is 2.59 bits per heavy atom. The third-order valence-corrected chi connectivity index (χ3v) is 3.51. The first kappa shape index (κ1) is 20.9. The van der Waals surface area contributed by atoms with Crippen molar-refractivity contribution in [3.05, 3.63) is 23.9 Å². The molecule has 0 aliphatic rings. The van der Waals surface area contributed by atoms with Gasteiger partial charge in [0.2, 0.25) is 5.88 Å². The van der Waals surface area contributed by atoms with Crippen LogP contribution in [0.1, 0.15) is 39.2 Å². The van der Waals surface area contributed by atoms with Crippen LogP contribution in [0, 0.1) is 5.92 Å². The van der Waals surface area contributed by atoms with Gasteiger partial charge in [0.05, 0.1) is 13.7 Å². The van der Waals surface area contributed by atoms with E-state index in [0.717, 1.165) is 24.6 Å². The summed E-state index contributed by atoms with van der Waals surface area (Å²) in [7, 11) is 1.63. The standard InChI is InChI=1S/C16H28N4O.HI/c1-5-13(6-2)11-19-16(17-7-3)20-12-14-9-8-10-18-15(14)21-4;/h8-10,13H,5-7,11-12H2,1-4H3,(H2,17,19,20);1H. The SMILES string of the molecule is CCNC(=NCc1cccnc1OC)NCC(CC)CC.I. The van der Waals surface area contributed by atoms with Crippen LogP contribution in [0.4, 0.5) is 0 Å². The number of hydrogen-bond acceptors (Lipinski definition) is 3. The van der Waals surface area contributed by atoms with Crippen molar-refractivity contribution in [2.24, 2.45) is 10.9 Å². The molecule has 1 rings (SSSR count). The van der Waals surface area contributed by atoms with Gasteiger partial charge in [-0.15, -0.1) is 24.0 Å². The Hall–Kier alpha value is -1.05. The first-order valence-electron chi connectivity index (χ1n) is 7.75. The average Bonchev–Trinajstić information content (AvgIpc) is 2.53. The van der Waals surface area contributed by atoms with Crippen LogP contribution in [0.5, 0.6) is 5.88 Å². The number of aliphatic imine (C=N–C) groups is 1. The van der Waals surface area contributed by atoms with Gasteiger partial charge in [-0.25, -0.2) is 9.98 Å². The largest absolute Gasteiger partial charge is 0.481 e. The summed E-state index contributed by atoms with van der Waals surface area (Å²) in [5.41, 5.74) is 0.986. The van der Waals surface area contributed by atoms with Crippen molar-refractivity contribution >= 4 is 29.9 Å². The number of pyridine rings is 1. The quantitative estimate of drug-likeness (QED) is 0.385. The Bertz CT molecular complexity index is 436. The highest BCUT2D eigenvalue weighted by atomic mass is 127. The number of methoxy groups -OCH3 is 1. The van der Waals surface area contributed by atoms with Crippen LogP contribution in [-0.2, 0) is 6.54 Å². The molecule has 0 amide bonds. The fourth-order valence-electron chi connectivity index (χ4n) is 2.05. The Morgan fingerprint density at radius 1 is 1.27 bits per heavy atom. The predicted octanol–water partition coefficient (Wildman–Crippen LogP) is 3.20. The Kier molecular flexibility index (Phi) is 11.9. The molecule has 6 heteroatoms. The molecule has 0 radical (unpaired) electrons. The van der Waals surface area contributed by atoms with E-state index in [-0.39, 0.29) is 24.0 Å². The Balaban J connectivity index is 0.00000441. The van der Waals surface area contributed by atoms with Gasteiger partial charge in [-0.2, -0.15) is 0 Å². The number of nitrogens with zero attached hydrogens (tertiary/aromatic N) is 2. The maximum atomic E-state index is 5.25. The first-order chi connectivity index (χ1) is 10.2. The number of aromatic nitrogens is 1. The zero-order chi connectivity index (χ0) is 15.5. The minimum Gasteiger partial charge on any atom is -0.481 e. The molecule has 0 fully saturated rings. The predicted molar refractivity (Wildman–Crippen MR) is 103 cm³/mol. The average molecular weight is 420 g/mol. The second-order valence-corrected chi connectivity index (χ2v) is 4.93. The van der Waals surface area contributed by atoms with Gasteiger partial charge in [0.25, 0.3) is 0 Å². The number of hydrogen-bond donors (Lipinski definition) is 2. The molecular weight excluding hydrogens is 391 g/mol. The van der Waals surface area contributed by atoms with Gasteiger partial charge in [0.1, 0.15) is 0 Å². The Labute approximate surface area is 151 Å². The van der Waals surface area contributed by atoms with E-state index in [1.54, 1.807) is 13.3 Å². The van der Waals surface area contributed by atoms with E-state index in [1.807, 2.05) is 12.1 Å². The molecule has 2 N–H and O–H groups in total. The van der Waals surface area contributed by atoms with E-state index in [1.165, 1.54) is 12.8 Å². The third kappa shape index (κ3) is 7.29. The van der Waals surface area contributed by atoms with Gasteiger partial charge in [-0.3, -0.25) is 0 Å². The van der Waals surface area contributed by atoms with Crippen molar-refractivity contribution < 1.29 is 4.74 Å². The molecule has 0 aliphatic carbocycles. The van der Waals surface area contributed by atoms with E-state index in [9.17, 15) is 0 Å². The van der Waals surface area contributed by atoms with E-state index in [2.05, 4.69) is 41.4 Å². The number of rotatable bonds is 8. The number of halogens is 1. The third-order valence-electron chi connectivity index (χ3n) is 3.51. The maximum Gasteiger partial charge on any atom is 0.218 e. The lowest BCUT2D eigenvalue weighted by Gasteiger charge is -2.16. The van der Waals surface area contributed by atoms with Crippen molar-refractivity contribution in [3.8, 4) is 5.88 Å². The molecule has 5 nitrogen and oxygen atoms in total. The molecule has 22 heavy (non-hydrogen) atoms. The molecule has 1 aromatic heterocycles. The summed E-state index contributed by atoms with van der Waals surface area (Å²) in [5.74, 6) is 2.16. The highest BCUT2D eigenvalue weighted by molar-refractivity contribution is 14.0. The summed E-state index contributed by atoms with van der Waals surface area (Å²) in [6, 6.07) is 3.89. The molecule has 0 saturated heterocycles. The molecule has 1 aromatic rings. The highest BCUT2D eigenvalue weighted by Crippen LogP contribution is 2.14. The maximum absolute atomic E-state index is 5.25. The normalized spacial score (nSPS) is 11.0. The van der Waals surface area contributed by atoms with Gasteiger partial charge < -0.3 is 15.4 Å². The second kappa shape index (κ2) is 12.5. The van der Waals surface area contributed by atoms with Gasteiger partial charge >= 0.3 is 0 Å². The van der Waals surface area contributed by atoms with Crippen LogP contribution in [0.25, 0.3) is 0 Å². The second-order valence-electron chi connectivity index (χ2n) is 4.93. The number of guanidine groups is 1. The molecule has 126 valence electrons. The summed E-state index contributed by atoms with van der Waals surface area (Å²) in [5, 5.41) is 6.68. The van der Waals surface area contributed by atoms with Gasteiger partial charge in [-0.1, -0.05) is 32.8 Å². The number of ether oxygens (including phenoxy) is 1. The zero-order valence-corrected chi connectivity index (χ0v) is 16.4. The summed E-state index contributed by atoms with van der Waals surface area (Å²) in [6.45, 7) is 8.86. The van der Waals surface area contributed by atoms with Crippen molar-refractivity contribution in [2.75, 3.05) is 20.2 Å². The molecule has 1 heterocycles. The lowest BCUT2D eigenvalue weighted by molar-refractivity contribution is 0.392. The van der Waals surface area contributed by atoms with Crippen LogP contribution in [0.2, 0.25) is 0 Å². The topological polar surface area (TPSA) is 58.5 Å². The summed E-state index contributed by atoms with van der Waals surface area (Å²) >= 11 is 0. The fourth-order valence-corrected chi connectivity index (χ4v) is 2.05. The summed E-state index contributed by atoms with van der Waals surface area (Å²) in [6.07, 6.45) is 4.08. The minimum absolute atomic E-state index is 0. The van der Waals surface area contributed by atoms with Crippen LogP contribution in [0.15, 0.2) is 23.3 Å². The minimum atomic E-state index is 0. The zero-order valence-electron chi connectivity index (χ0n) is 14.1. The monoisotopic (exact) mass is 420 g/mol. The molecule has 0 saturated carbocycles. The van der Waals surface area contributed by atoms with Crippen LogP contribution < -0.4 is 15.4 Å². The van der Waals surface area contributed by atoms with Gasteiger partial charge in [-0.05, 0) is 18.9 Å². The van der Waals surface area contributed by atoms with Crippen LogP contribution >= 0.6 is 24.0 Å². The fraction of sp³-hybridized carbons (Fsp3) is 0.625. The van der Waals surface area contributed by atoms with E-state index in [4.69, 9.17) is 4.74 Å². The van der Waals surface area contributed by atoms with Gasteiger partial charge in [0.15, 0.2) is 5.96 Å². The van der Waals surface area contributed by atoms with Crippen LogP contribution in [-0.4, -0.2) is 31.1 Å². The highest BCUT2D eigenvalue weighted by Gasteiger charge is 2.06. The summed E-state index contributed by atoms with van der Waals surface area (Å²) < 4.78 is 5.25. The van der Waals surface area contributed by atoms with Crippen molar-refractivity contribution in [1.82, 2.24) is 15.6 Å². The van der Waals surface area contributed by atoms with E-state index in [0.29, 0.717) is 18.3 Å². The Morgan fingerprint density at radius 2 is 2.00 bits per heavy atom. The molecular formula is C16H29IN4O. The van der Waals surface area contributed by atoms with Gasteiger partial charge in [0, 0.05) is 24.8 Å². The molecule has 0 atom stereocenters. The van der Waals surface area contributed by atoms with Crippen molar-refractivity contribution in [2.45, 2.75) is 40.2 Å². The number of nitrogens with one attached hydrogen (secondary N) is 2. The molecule has 0 unspecified atom stereocenters. The molecule has 0 spiro atoms. The van der Waals surface area contributed by atoms with Crippen LogP contribution in [0.3, 0.4) is 0 Å². The van der Waals surface area contributed by atoms with E-state index < -0.39 is 0 Å². The lowest BCUT2D eigenvalue weighted by Crippen LogP contribution is -2.39. The van der Waals surface area contributed by atoms with Crippen molar-refractivity contribution in [1.29, 1.82) is 0 Å².